The molecule has 0 amide bonds. The zero-order valence-electron chi connectivity index (χ0n) is 7.70. The van der Waals surface area contributed by atoms with Crippen LogP contribution in [0, 0.1) is 0 Å². The molecule has 0 aliphatic carbocycles. The Balaban J connectivity index is 1.93. The van der Waals surface area contributed by atoms with Gasteiger partial charge in [0.2, 0.25) is 0 Å². The van der Waals surface area contributed by atoms with Crippen LogP contribution >= 0.6 is 22.9 Å². The maximum atomic E-state index is 5.80. The van der Waals surface area contributed by atoms with Gasteiger partial charge in [-0.05, 0) is 14.1 Å². The molecular formula is C8H12ClN3S. The van der Waals surface area contributed by atoms with Crippen LogP contribution in [0.3, 0.4) is 0 Å². The highest BCUT2D eigenvalue weighted by Gasteiger charge is 2.29. The predicted octanol–water partition coefficient (Wildman–Crippen LogP) is 1.55. The molecule has 0 N–H and O–H groups in total. The maximum absolute atomic E-state index is 5.80. The van der Waals surface area contributed by atoms with E-state index in [4.69, 9.17) is 11.6 Å². The number of anilines is 1. The van der Waals surface area contributed by atoms with Gasteiger partial charge in [0, 0.05) is 19.1 Å². The first kappa shape index (κ1) is 9.24. The summed E-state index contributed by atoms with van der Waals surface area (Å²) in [6, 6.07) is 0.669. The van der Waals surface area contributed by atoms with E-state index in [1.165, 1.54) is 0 Å². The van der Waals surface area contributed by atoms with Crippen molar-refractivity contribution in [1.29, 1.82) is 0 Å². The average molecular weight is 218 g/mol. The summed E-state index contributed by atoms with van der Waals surface area (Å²) in [5.41, 5.74) is 0. The van der Waals surface area contributed by atoms with Crippen LogP contribution in [0.15, 0.2) is 6.20 Å². The van der Waals surface area contributed by atoms with Gasteiger partial charge in [-0.25, -0.2) is 4.98 Å². The number of thiazole rings is 1. The molecule has 0 bridgehead atoms. The summed E-state index contributed by atoms with van der Waals surface area (Å²) in [4.78, 5) is 8.72. The zero-order valence-corrected chi connectivity index (χ0v) is 9.27. The van der Waals surface area contributed by atoms with Gasteiger partial charge in [0.1, 0.15) is 4.34 Å². The highest BCUT2D eigenvalue weighted by atomic mass is 35.5. The number of hydrogen-bond acceptors (Lipinski definition) is 4. The van der Waals surface area contributed by atoms with Gasteiger partial charge in [-0.15, -0.1) is 0 Å². The fraction of sp³-hybridized carbons (Fsp3) is 0.625. The fourth-order valence-corrected chi connectivity index (χ4v) is 2.25. The first-order valence-corrected chi connectivity index (χ1v) is 5.39. The van der Waals surface area contributed by atoms with Gasteiger partial charge in [0.25, 0.3) is 0 Å². The van der Waals surface area contributed by atoms with E-state index in [-0.39, 0.29) is 0 Å². The topological polar surface area (TPSA) is 19.4 Å². The lowest BCUT2D eigenvalue weighted by molar-refractivity contribution is 0.247. The molecule has 0 saturated carbocycles. The molecule has 13 heavy (non-hydrogen) atoms. The Bertz CT molecular complexity index is 293. The van der Waals surface area contributed by atoms with Crippen LogP contribution in [0.2, 0.25) is 4.34 Å². The smallest absolute Gasteiger partial charge is 0.186 e. The van der Waals surface area contributed by atoms with E-state index in [1.807, 2.05) is 0 Å². The number of nitrogens with zero attached hydrogens (tertiary/aromatic N) is 3. The van der Waals surface area contributed by atoms with Gasteiger partial charge in [0.05, 0.1) is 6.20 Å². The van der Waals surface area contributed by atoms with E-state index in [0.717, 1.165) is 22.6 Å². The highest BCUT2D eigenvalue weighted by molar-refractivity contribution is 7.19. The summed E-state index contributed by atoms with van der Waals surface area (Å²) < 4.78 is 0.767. The molecule has 1 fully saturated rings. The first-order valence-electron chi connectivity index (χ1n) is 4.19. The summed E-state index contributed by atoms with van der Waals surface area (Å²) in [6.45, 7) is 2.13. The van der Waals surface area contributed by atoms with Crippen molar-refractivity contribution < 1.29 is 0 Å². The fourth-order valence-electron chi connectivity index (χ4n) is 1.33. The summed E-state index contributed by atoms with van der Waals surface area (Å²) >= 11 is 7.35. The summed E-state index contributed by atoms with van der Waals surface area (Å²) in [6.07, 6.45) is 1.71. The van der Waals surface area contributed by atoms with Crippen LogP contribution in [0.5, 0.6) is 0 Å². The molecular weight excluding hydrogens is 206 g/mol. The minimum atomic E-state index is 0.669. The normalized spacial score (nSPS) is 18.0. The van der Waals surface area contributed by atoms with E-state index >= 15 is 0 Å². The SMILES string of the molecule is CN(C)C1CN(c2ncc(Cl)s2)C1. The van der Waals surface area contributed by atoms with E-state index in [9.17, 15) is 0 Å². The number of aromatic nitrogens is 1. The Morgan fingerprint density at radius 3 is 2.77 bits per heavy atom. The molecule has 1 aliphatic rings. The van der Waals surface area contributed by atoms with Crippen molar-refractivity contribution in [3.05, 3.63) is 10.5 Å². The van der Waals surface area contributed by atoms with E-state index in [0.29, 0.717) is 6.04 Å². The molecule has 1 aliphatic heterocycles. The van der Waals surface area contributed by atoms with Crippen LogP contribution < -0.4 is 4.90 Å². The minimum absolute atomic E-state index is 0.669. The Kier molecular flexibility index (Phi) is 2.45. The molecule has 0 aromatic carbocycles. The molecule has 1 aromatic heterocycles. The van der Waals surface area contributed by atoms with Gasteiger partial charge in [-0.1, -0.05) is 22.9 Å². The summed E-state index contributed by atoms with van der Waals surface area (Å²) in [5, 5.41) is 1.04. The zero-order chi connectivity index (χ0) is 9.42. The van der Waals surface area contributed by atoms with Crippen LogP contribution in [-0.4, -0.2) is 43.1 Å². The molecule has 1 aromatic rings. The van der Waals surface area contributed by atoms with Crippen molar-refractivity contribution in [3.8, 4) is 0 Å². The van der Waals surface area contributed by atoms with E-state index < -0.39 is 0 Å². The third-order valence-electron chi connectivity index (χ3n) is 2.33. The van der Waals surface area contributed by atoms with Gasteiger partial charge in [-0.2, -0.15) is 0 Å². The molecule has 0 atom stereocenters. The van der Waals surface area contributed by atoms with Crippen molar-refractivity contribution in [2.75, 3.05) is 32.1 Å². The Morgan fingerprint density at radius 1 is 1.62 bits per heavy atom. The van der Waals surface area contributed by atoms with Crippen molar-refractivity contribution in [2.24, 2.45) is 0 Å². The molecule has 0 radical (unpaired) electrons. The van der Waals surface area contributed by atoms with Gasteiger partial charge in [0.15, 0.2) is 5.13 Å². The largest absolute Gasteiger partial charge is 0.345 e. The lowest BCUT2D eigenvalue weighted by Crippen LogP contribution is -2.57. The lowest BCUT2D eigenvalue weighted by Gasteiger charge is -2.42. The Morgan fingerprint density at radius 2 is 2.31 bits per heavy atom. The van der Waals surface area contributed by atoms with Gasteiger partial charge >= 0.3 is 0 Å². The monoisotopic (exact) mass is 217 g/mol. The second kappa shape index (κ2) is 3.44. The van der Waals surface area contributed by atoms with E-state index in [1.54, 1.807) is 17.5 Å². The van der Waals surface area contributed by atoms with Crippen molar-refractivity contribution in [3.63, 3.8) is 0 Å². The molecule has 3 nitrogen and oxygen atoms in total. The Hall–Kier alpha value is -0.320. The van der Waals surface area contributed by atoms with Crippen molar-refractivity contribution >= 4 is 28.1 Å². The molecule has 5 heteroatoms. The third-order valence-corrected chi connectivity index (χ3v) is 3.50. The maximum Gasteiger partial charge on any atom is 0.186 e. The predicted molar refractivity (Wildman–Crippen MR) is 56.8 cm³/mol. The van der Waals surface area contributed by atoms with Crippen molar-refractivity contribution in [2.45, 2.75) is 6.04 Å². The average Bonchev–Trinajstić information content (AvgIpc) is 2.31. The van der Waals surface area contributed by atoms with Crippen LogP contribution in [0.4, 0.5) is 5.13 Å². The van der Waals surface area contributed by atoms with Crippen LogP contribution in [-0.2, 0) is 0 Å². The number of likely N-dealkylation sites (N-methyl/N-ethyl adjacent to an activating group) is 1. The summed E-state index contributed by atoms with van der Waals surface area (Å²) in [5.74, 6) is 0. The molecule has 72 valence electrons. The lowest BCUT2D eigenvalue weighted by atomic mass is 10.1. The molecule has 2 rings (SSSR count). The molecule has 0 unspecified atom stereocenters. The van der Waals surface area contributed by atoms with Gasteiger partial charge < -0.3 is 9.80 Å². The second-order valence-electron chi connectivity index (χ2n) is 3.47. The van der Waals surface area contributed by atoms with Crippen molar-refractivity contribution in [1.82, 2.24) is 9.88 Å². The molecule has 0 spiro atoms. The van der Waals surface area contributed by atoms with Gasteiger partial charge in [-0.3, -0.25) is 0 Å². The Labute approximate surface area is 86.9 Å². The number of rotatable bonds is 2. The molecule has 1 saturated heterocycles. The number of halogens is 1. The number of hydrogen-bond donors (Lipinski definition) is 0. The van der Waals surface area contributed by atoms with E-state index in [2.05, 4.69) is 28.9 Å². The standard InChI is InChI=1S/C8H12ClN3S/c1-11(2)6-4-12(5-6)8-10-3-7(9)13-8/h3,6H,4-5H2,1-2H3. The highest BCUT2D eigenvalue weighted by Crippen LogP contribution is 2.29. The molecule has 2 heterocycles. The third kappa shape index (κ3) is 1.80. The van der Waals surface area contributed by atoms with Crippen LogP contribution in [0.1, 0.15) is 0 Å². The summed E-state index contributed by atoms with van der Waals surface area (Å²) in [7, 11) is 4.22. The van der Waals surface area contributed by atoms with Crippen LogP contribution in [0.25, 0.3) is 0 Å². The second-order valence-corrected chi connectivity index (χ2v) is 5.11. The quantitative estimate of drug-likeness (QED) is 0.750. The first-order chi connectivity index (χ1) is 6.16. The minimum Gasteiger partial charge on any atom is -0.345 e.